The van der Waals surface area contributed by atoms with E-state index in [1.54, 1.807) is 31.3 Å². The van der Waals surface area contributed by atoms with Crippen molar-refractivity contribution >= 4 is 53.2 Å². The van der Waals surface area contributed by atoms with Crippen LogP contribution >= 0.6 is 43.2 Å². The number of nitrogens with zero attached hydrogens (tertiary/aromatic N) is 1. The van der Waals surface area contributed by atoms with E-state index in [1.165, 1.54) is 15.6 Å². The van der Waals surface area contributed by atoms with E-state index in [2.05, 4.69) is 31.9 Å². The predicted octanol–water partition coefficient (Wildman–Crippen LogP) is 4.09. The highest BCUT2D eigenvalue weighted by atomic mass is 79.9. The Balaban J connectivity index is 2.21. The summed E-state index contributed by atoms with van der Waals surface area (Å²) in [7, 11) is -1.85. The highest BCUT2D eigenvalue weighted by Crippen LogP contribution is 2.24. The van der Waals surface area contributed by atoms with E-state index in [4.69, 9.17) is 0 Å². The van der Waals surface area contributed by atoms with E-state index in [9.17, 15) is 8.42 Å². The SMILES string of the molecule is CN(Cc1cc(Br)cs1)S(=O)(=O)c1ccc(Br)cc1. The molecule has 0 spiro atoms. The minimum absolute atomic E-state index is 0.300. The van der Waals surface area contributed by atoms with Gasteiger partial charge in [0, 0.05) is 32.8 Å². The van der Waals surface area contributed by atoms with Crippen LogP contribution in [0.5, 0.6) is 0 Å². The molecule has 0 atom stereocenters. The number of halogens is 2. The lowest BCUT2D eigenvalue weighted by Crippen LogP contribution is -2.26. The van der Waals surface area contributed by atoms with Gasteiger partial charge in [-0.15, -0.1) is 11.3 Å². The van der Waals surface area contributed by atoms with Crippen molar-refractivity contribution in [1.29, 1.82) is 0 Å². The molecule has 19 heavy (non-hydrogen) atoms. The average molecular weight is 425 g/mol. The van der Waals surface area contributed by atoms with E-state index in [0.717, 1.165) is 13.8 Å². The van der Waals surface area contributed by atoms with Crippen LogP contribution in [0.1, 0.15) is 4.88 Å². The Morgan fingerprint density at radius 2 is 1.79 bits per heavy atom. The van der Waals surface area contributed by atoms with Gasteiger partial charge in [-0.3, -0.25) is 0 Å². The summed E-state index contributed by atoms with van der Waals surface area (Å²) in [4.78, 5) is 1.30. The standard InChI is InChI=1S/C12H11Br2NO2S2/c1-15(7-11-6-10(14)8-18-11)19(16,17)12-4-2-9(13)3-5-12/h2-6,8H,7H2,1H3. The van der Waals surface area contributed by atoms with Gasteiger partial charge in [0.15, 0.2) is 0 Å². The lowest BCUT2D eigenvalue weighted by Gasteiger charge is -2.16. The maximum atomic E-state index is 12.4. The summed E-state index contributed by atoms with van der Waals surface area (Å²) < 4.78 is 27.9. The Morgan fingerprint density at radius 3 is 2.32 bits per heavy atom. The molecule has 0 fully saturated rings. The molecule has 0 amide bonds. The molecule has 2 rings (SSSR count). The zero-order chi connectivity index (χ0) is 14.0. The molecular formula is C12H11Br2NO2S2. The number of thiophene rings is 1. The van der Waals surface area contributed by atoms with Crippen LogP contribution in [0.4, 0.5) is 0 Å². The minimum atomic E-state index is -3.44. The van der Waals surface area contributed by atoms with Crippen LogP contribution < -0.4 is 0 Å². The van der Waals surface area contributed by atoms with Gasteiger partial charge in [0.1, 0.15) is 0 Å². The van der Waals surface area contributed by atoms with Gasteiger partial charge in [-0.05, 0) is 46.3 Å². The smallest absolute Gasteiger partial charge is 0.207 e. The molecule has 1 aromatic carbocycles. The van der Waals surface area contributed by atoms with Gasteiger partial charge in [0.05, 0.1) is 4.90 Å². The number of hydrogen-bond acceptors (Lipinski definition) is 3. The van der Waals surface area contributed by atoms with E-state index in [0.29, 0.717) is 11.4 Å². The second-order valence-corrected chi connectivity index (χ2v) is 8.82. The van der Waals surface area contributed by atoms with Gasteiger partial charge in [-0.1, -0.05) is 15.9 Å². The highest BCUT2D eigenvalue weighted by Gasteiger charge is 2.21. The fourth-order valence-corrected chi connectivity index (χ4v) is 4.53. The summed E-state index contributed by atoms with van der Waals surface area (Å²) in [6.45, 7) is 0.370. The van der Waals surface area contributed by atoms with Gasteiger partial charge < -0.3 is 0 Å². The second kappa shape index (κ2) is 6.05. The monoisotopic (exact) mass is 423 g/mol. The first-order chi connectivity index (χ1) is 8.89. The summed E-state index contributed by atoms with van der Waals surface area (Å²) in [5.74, 6) is 0. The average Bonchev–Trinajstić information content (AvgIpc) is 2.75. The third kappa shape index (κ3) is 3.66. The van der Waals surface area contributed by atoms with E-state index in [-0.39, 0.29) is 0 Å². The van der Waals surface area contributed by atoms with Crippen molar-refractivity contribution in [2.24, 2.45) is 0 Å². The zero-order valence-corrected chi connectivity index (χ0v) is 14.8. The Morgan fingerprint density at radius 1 is 1.16 bits per heavy atom. The van der Waals surface area contributed by atoms with Gasteiger partial charge in [0.25, 0.3) is 0 Å². The Labute approximate surface area is 133 Å². The van der Waals surface area contributed by atoms with E-state index >= 15 is 0 Å². The maximum Gasteiger partial charge on any atom is 0.243 e. The topological polar surface area (TPSA) is 37.4 Å². The van der Waals surface area contributed by atoms with Crippen molar-refractivity contribution in [3.05, 3.63) is 49.5 Å². The number of benzene rings is 1. The number of rotatable bonds is 4. The van der Waals surface area contributed by atoms with Crippen molar-refractivity contribution in [3.63, 3.8) is 0 Å². The molecule has 0 unspecified atom stereocenters. The van der Waals surface area contributed by atoms with Crippen LogP contribution in [-0.4, -0.2) is 19.8 Å². The molecule has 7 heteroatoms. The van der Waals surface area contributed by atoms with Crippen molar-refractivity contribution in [1.82, 2.24) is 4.31 Å². The van der Waals surface area contributed by atoms with Crippen LogP contribution in [0.2, 0.25) is 0 Å². The fourth-order valence-electron chi connectivity index (χ4n) is 1.53. The Bertz CT molecular complexity index is 665. The Hall–Kier alpha value is -0.210. The molecule has 0 aliphatic heterocycles. The van der Waals surface area contributed by atoms with Crippen molar-refractivity contribution in [2.75, 3.05) is 7.05 Å². The van der Waals surface area contributed by atoms with Crippen molar-refractivity contribution in [3.8, 4) is 0 Å². The molecule has 3 nitrogen and oxygen atoms in total. The molecule has 0 N–H and O–H groups in total. The van der Waals surface area contributed by atoms with E-state index in [1.807, 2.05) is 11.4 Å². The van der Waals surface area contributed by atoms with Crippen LogP contribution in [0.15, 0.2) is 49.6 Å². The van der Waals surface area contributed by atoms with Crippen LogP contribution in [0.25, 0.3) is 0 Å². The maximum absolute atomic E-state index is 12.4. The summed E-state index contributed by atoms with van der Waals surface area (Å²) in [5, 5.41) is 1.94. The first-order valence-electron chi connectivity index (χ1n) is 5.34. The molecule has 0 saturated heterocycles. The lowest BCUT2D eigenvalue weighted by atomic mass is 10.4. The van der Waals surface area contributed by atoms with Gasteiger partial charge in [-0.25, -0.2) is 8.42 Å². The summed E-state index contributed by atoms with van der Waals surface area (Å²) in [5.41, 5.74) is 0. The largest absolute Gasteiger partial charge is 0.243 e. The predicted molar refractivity (Wildman–Crippen MR) is 84.8 cm³/mol. The number of hydrogen-bond donors (Lipinski definition) is 0. The molecular weight excluding hydrogens is 414 g/mol. The lowest BCUT2D eigenvalue weighted by molar-refractivity contribution is 0.469. The van der Waals surface area contributed by atoms with Crippen molar-refractivity contribution in [2.45, 2.75) is 11.4 Å². The van der Waals surface area contributed by atoms with Crippen LogP contribution in [0.3, 0.4) is 0 Å². The molecule has 0 aliphatic carbocycles. The molecule has 1 aromatic heterocycles. The first-order valence-corrected chi connectivity index (χ1v) is 9.25. The molecule has 0 saturated carbocycles. The van der Waals surface area contributed by atoms with Gasteiger partial charge in [-0.2, -0.15) is 4.31 Å². The van der Waals surface area contributed by atoms with Crippen LogP contribution in [0, 0.1) is 0 Å². The summed E-state index contributed by atoms with van der Waals surface area (Å²) in [6, 6.07) is 8.57. The molecule has 0 aliphatic rings. The summed E-state index contributed by atoms with van der Waals surface area (Å²) >= 11 is 8.19. The summed E-state index contributed by atoms with van der Waals surface area (Å²) in [6.07, 6.45) is 0. The van der Waals surface area contributed by atoms with Crippen molar-refractivity contribution < 1.29 is 8.42 Å². The molecule has 0 bridgehead atoms. The quantitative estimate of drug-likeness (QED) is 0.740. The highest BCUT2D eigenvalue weighted by molar-refractivity contribution is 9.10. The number of sulfonamides is 1. The first kappa shape index (κ1) is 15.2. The third-order valence-corrected chi connectivity index (χ3v) is 6.55. The minimum Gasteiger partial charge on any atom is -0.207 e. The van der Waals surface area contributed by atoms with E-state index < -0.39 is 10.0 Å². The third-order valence-electron chi connectivity index (χ3n) is 2.52. The normalized spacial score (nSPS) is 12.0. The van der Waals surface area contributed by atoms with Gasteiger partial charge in [0.2, 0.25) is 10.0 Å². The zero-order valence-electron chi connectivity index (χ0n) is 10.0. The van der Waals surface area contributed by atoms with Gasteiger partial charge >= 0.3 is 0 Å². The fraction of sp³-hybridized carbons (Fsp3) is 0.167. The molecule has 2 aromatic rings. The Kier molecular flexibility index (Phi) is 4.84. The molecule has 102 valence electrons. The second-order valence-electron chi connectivity index (χ2n) is 3.95. The molecule has 0 radical (unpaired) electrons. The van der Waals surface area contributed by atoms with Crippen LogP contribution in [-0.2, 0) is 16.6 Å². The molecule has 1 heterocycles.